The maximum absolute atomic E-state index is 12.1. The van der Waals surface area contributed by atoms with Gasteiger partial charge in [0.2, 0.25) is 0 Å². The Bertz CT molecular complexity index is 631. The van der Waals surface area contributed by atoms with E-state index >= 15 is 0 Å². The second-order valence-corrected chi connectivity index (χ2v) is 4.54. The van der Waals surface area contributed by atoms with Gasteiger partial charge in [-0.25, -0.2) is 4.79 Å². The Hall–Kier alpha value is -2.73. The molecule has 2 N–H and O–H groups in total. The zero-order valence-corrected chi connectivity index (χ0v) is 12.0. The van der Waals surface area contributed by atoms with E-state index in [-0.39, 0.29) is 5.69 Å². The number of amides is 1. The molecule has 2 unspecified atom stereocenters. The molecule has 1 amide bonds. The first-order valence-electron chi connectivity index (χ1n) is 6.66. The van der Waals surface area contributed by atoms with Crippen molar-refractivity contribution < 1.29 is 19.4 Å². The molecule has 0 aliphatic carbocycles. The number of nitrogens with zero attached hydrogens (tertiary/aromatic N) is 1. The molecule has 114 valence electrons. The lowest BCUT2D eigenvalue weighted by Gasteiger charge is -2.22. The van der Waals surface area contributed by atoms with Crippen LogP contribution in [0.1, 0.15) is 22.2 Å². The van der Waals surface area contributed by atoms with Crippen molar-refractivity contribution in [3.05, 3.63) is 66.0 Å². The van der Waals surface area contributed by atoms with Crippen LogP contribution in [0.2, 0.25) is 0 Å². The third kappa shape index (κ3) is 3.67. The lowest BCUT2D eigenvalue weighted by Crippen LogP contribution is -2.45. The number of aliphatic hydroxyl groups is 1. The number of rotatable bonds is 5. The minimum atomic E-state index is -1.22. The minimum Gasteiger partial charge on any atom is -0.467 e. The van der Waals surface area contributed by atoms with E-state index in [4.69, 9.17) is 0 Å². The van der Waals surface area contributed by atoms with Crippen LogP contribution in [0.5, 0.6) is 0 Å². The van der Waals surface area contributed by atoms with E-state index in [0.29, 0.717) is 5.56 Å². The fraction of sp³-hybridized carbons (Fsp3) is 0.188. The lowest BCUT2D eigenvalue weighted by molar-refractivity contribution is -0.146. The molecule has 0 fully saturated rings. The van der Waals surface area contributed by atoms with Crippen LogP contribution >= 0.6 is 0 Å². The Balaban J connectivity index is 2.20. The molecule has 0 radical (unpaired) electrons. The van der Waals surface area contributed by atoms with E-state index < -0.39 is 24.0 Å². The lowest BCUT2D eigenvalue weighted by atomic mass is 10.0. The molecule has 22 heavy (non-hydrogen) atoms. The second kappa shape index (κ2) is 7.33. The van der Waals surface area contributed by atoms with Gasteiger partial charge in [0, 0.05) is 6.20 Å². The molecule has 2 atom stereocenters. The van der Waals surface area contributed by atoms with Crippen LogP contribution in [0.25, 0.3) is 0 Å². The van der Waals surface area contributed by atoms with E-state index in [9.17, 15) is 14.7 Å². The number of carbonyl (C=O) groups is 2. The number of ether oxygens (including phenoxy) is 1. The summed E-state index contributed by atoms with van der Waals surface area (Å²) in [5, 5.41) is 12.8. The van der Waals surface area contributed by atoms with Crippen molar-refractivity contribution in [2.24, 2.45) is 0 Å². The number of pyridine rings is 1. The highest BCUT2D eigenvalue weighted by Crippen LogP contribution is 2.17. The van der Waals surface area contributed by atoms with Gasteiger partial charge in [0.1, 0.15) is 11.8 Å². The largest absolute Gasteiger partial charge is 0.467 e. The molecule has 6 heteroatoms. The third-order valence-electron chi connectivity index (χ3n) is 3.10. The number of aliphatic hydroxyl groups excluding tert-OH is 1. The molecular formula is C16H16N2O4. The average Bonchev–Trinajstić information content (AvgIpc) is 2.59. The summed E-state index contributed by atoms with van der Waals surface area (Å²) < 4.78 is 4.66. The summed E-state index contributed by atoms with van der Waals surface area (Å²) in [4.78, 5) is 27.9. The Kier molecular flexibility index (Phi) is 5.21. The number of nitrogens with one attached hydrogen (secondary N) is 1. The summed E-state index contributed by atoms with van der Waals surface area (Å²) >= 11 is 0. The monoisotopic (exact) mass is 300 g/mol. The first kappa shape index (κ1) is 15.7. The van der Waals surface area contributed by atoms with Crippen molar-refractivity contribution in [2.45, 2.75) is 12.1 Å². The summed E-state index contributed by atoms with van der Waals surface area (Å²) in [7, 11) is 1.19. The number of benzene rings is 1. The average molecular weight is 300 g/mol. The molecule has 0 saturated carbocycles. The van der Waals surface area contributed by atoms with Crippen LogP contribution in [0, 0.1) is 0 Å². The molecule has 6 nitrogen and oxygen atoms in total. The molecular weight excluding hydrogens is 284 g/mol. The SMILES string of the molecule is COC(=O)C(NC(=O)c1ccccn1)C(O)c1ccccc1. The Labute approximate surface area is 127 Å². The summed E-state index contributed by atoms with van der Waals surface area (Å²) in [5.41, 5.74) is 0.649. The molecule has 1 aromatic carbocycles. The molecule has 0 aliphatic heterocycles. The van der Waals surface area contributed by atoms with Gasteiger partial charge in [-0.05, 0) is 17.7 Å². The number of esters is 1. The Morgan fingerprint density at radius 3 is 2.41 bits per heavy atom. The fourth-order valence-electron chi connectivity index (χ4n) is 1.95. The minimum absolute atomic E-state index is 0.150. The van der Waals surface area contributed by atoms with E-state index in [1.165, 1.54) is 19.4 Å². The van der Waals surface area contributed by atoms with Gasteiger partial charge in [-0.1, -0.05) is 36.4 Å². The standard InChI is InChI=1S/C16H16N2O4/c1-22-16(21)13(14(19)11-7-3-2-4-8-11)18-15(20)12-9-5-6-10-17-12/h2-10,13-14,19H,1H3,(H,18,20). The molecule has 2 aromatic rings. The summed E-state index contributed by atoms with van der Waals surface area (Å²) in [6, 6.07) is 12.2. The second-order valence-electron chi connectivity index (χ2n) is 4.54. The fourth-order valence-corrected chi connectivity index (χ4v) is 1.95. The van der Waals surface area contributed by atoms with Gasteiger partial charge in [0.25, 0.3) is 5.91 Å². The highest BCUT2D eigenvalue weighted by Gasteiger charge is 2.31. The van der Waals surface area contributed by atoms with Crippen LogP contribution in [-0.2, 0) is 9.53 Å². The summed E-state index contributed by atoms with van der Waals surface area (Å²) in [6.07, 6.45) is 0.247. The zero-order chi connectivity index (χ0) is 15.9. The highest BCUT2D eigenvalue weighted by atomic mass is 16.5. The zero-order valence-electron chi connectivity index (χ0n) is 12.0. The van der Waals surface area contributed by atoms with Gasteiger partial charge in [-0.3, -0.25) is 9.78 Å². The van der Waals surface area contributed by atoms with Crippen LogP contribution in [0.3, 0.4) is 0 Å². The Morgan fingerprint density at radius 2 is 1.82 bits per heavy atom. The maximum Gasteiger partial charge on any atom is 0.331 e. The third-order valence-corrected chi connectivity index (χ3v) is 3.10. The summed E-state index contributed by atoms with van der Waals surface area (Å²) in [6.45, 7) is 0. The van der Waals surface area contributed by atoms with E-state index in [0.717, 1.165) is 0 Å². The van der Waals surface area contributed by atoms with Gasteiger partial charge < -0.3 is 15.2 Å². The van der Waals surface area contributed by atoms with Crippen molar-refractivity contribution in [1.29, 1.82) is 0 Å². The molecule has 0 aliphatic rings. The van der Waals surface area contributed by atoms with Gasteiger partial charge in [0.05, 0.1) is 7.11 Å². The quantitative estimate of drug-likeness (QED) is 0.807. The van der Waals surface area contributed by atoms with Gasteiger partial charge >= 0.3 is 5.97 Å². The smallest absolute Gasteiger partial charge is 0.331 e. The van der Waals surface area contributed by atoms with Crippen LogP contribution in [-0.4, -0.2) is 35.1 Å². The van der Waals surface area contributed by atoms with Crippen molar-refractivity contribution in [2.75, 3.05) is 7.11 Å². The predicted molar refractivity (Wildman–Crippen MR) is 78.9 cm³/mol. The topological polar surface area (TPSA) is 88.5 Å². The Morgan fingerprint density at radius 1 is 1.14 bits per heavy atom. The number of hydrogen-bond acceptors (Lipinski definition) is 5. The predicted octanol–water partition coefficient (Wildman–Crippen LogP) is 1.09. The number of carbonyl (C=O) groups excluding carboxylic acids is 2. The summed E-state index contributed by atoms with van der Waals surface area (Å²) in [5.74, 6) is -1.30. The highest BCUT2D eigenvalue weighted by molar-refractivity contribution is 5.95. The van der Waals surface area contributed by atoms with Gasteiger partial charge in [-0.15, -0.1) is 0 Å². The van der Waals surface area contributed by atoms with Crippen LogP contribution in [0.15, 0.2) is 54.7 Å². The van der Waals surface area contributed by atoms with Crippen LogP contribution in [0.4, 0.5) is 0 Å². The van der Waals surface area contributed by atoms with Crippen molar-refractivity contribution in [3.63, 3.8) is 0 Å². The molecule has 1 heterocycles. The first-order chi connectivity index (χ1) is 10.6. The van der Waals surface area contributed by atoms with E-state index in [1.54, 1.807) is 42.5 Å². The van der Waals surface area contributed by atoms with E-state index in [1.807, 2.05) is 0 Å². The van der Waals surface area contributed by atoms with Crippen LogP contribution < -0.4 is 5.32 Å². The number of methoxy groups -OCH3 is 1. The number of aromatic nitrogens is 1. The molecule has 2 rings (SSSR count). The normalized spacial score (nSPS) is 13.0. The number of hydrogen-bond donors (Lipinski definition) is 2. The molecule has 0 bridgehead atoms. The van der Waals surface area contributed by atoms with Gasteiger partial charge in [-0.2, -0.15) is 0 Å². The van der Waals surface area contributed by atoms with Gasteiger partial charge in [0.15, 0.2) is 6.04 Å². The molecule has 0 saturated heterocycles. The molecule has 0 spiro atoms. The van der Waals surface area contributed by atoms with Crippen molar-refractivity contribution in [3.8, 4) is 0 Å². The van der Waals surface area contributed by atoms with E-state index in [2.05, 4.69) is 15.0 Å². The van der Waals surface area contributed by atoms with Crippen molar-refractivity contribution >= 4 is 11.9 Å². The first-order valence-corrected chi connectivity index (χ1v) is 6.66. The molecule has 1 aromatic heterocycles. The van der Waals surface area contributed by atoms with Crippen molar-refractivity contribution in [1.82, 2.24) is 10.3 Å². The maximum atomic E-state index is 12.1.